The highest BCUT2D eigenvalue weighted by Gasteiger charge is 2.36. The lowest BCUT2D eigenvalue weighted by Gasteiger charge is -2.30. The Labute approximate surface area is 103 Å². The molecular weight excluding hydrogens is 270 g/mol. The maximum atomic E-state index is 9.14. The number of allylic oxidation sites excluding steroid dienone is 1. The number of halogens is 1. The van der Waals surface area contributed by atoms with Gasteiger partial charge in [0.05, 0.1) is 0 Å². The number of hydrogen-bond acceptors (Lipinski definition) is 3. The standard InChI is InChI=1S/C12H14BrNO2/c1-9-8-14-12(16-9,6-7-15)10-2-4-11(13)5-3-10/h2-5,8,14-15H,6-7H2,1H3. The lowest BCUT2D eigenvalue weighted by Crippen LogP contribution is -2.38. The highest BCUT2D eigenvalue weighted by Crippen LogP contribution is 2.33. The van der Waals surface area contributed by atoms with E-state index in [0.717, 1.165) is 15.8 Å². The molecule has 4 heteroatoms. The maximum Gasteiger partial charge on any atom is 0.208 e. The molecule has 1 atom stereocenters. The molecule has 0 saturated carbocycles. The predicted octanol–water partition coefficient (Wildman–Crippen LogP) is 2.47. The zero-order valence-corrected chi connectivity index (χ0v) is 10.6. The number of nitrogens with one attached hydrogen (secondary N) is 1. The first-order valence-electron chi connectivity index (χ1n) is 5.17. The molecule has 16 heavy (non-hydrogen) atoms. The topological polar surface area (TPSA) is 41.5 Å². The fraction of sp³-hybridized carbons (Fsp3) is 0.333. The van der Waals surface area contributed by atoms with Gasteiger partial charge in [0.15, 0.2) is 0 Å². The van der Waals surface area contributed by atoms with E-state index in [1.165, 1.54) is 0 Å². The Hall–Kier alpha value is -1.00. The zero-order valence-electron chi connectivity index (χ0n) is 9.03. The Kier molecular flexibility index (Phi) is 3.21. The van der Waals surface area contributed by atoms with Crippen LogP contribution in [0, 0.1) is 0 Å². The van der Waals surface area contributed by atoms with Crippen molar-refractivity contribution < 1.29 is 9.84 Å². The molecule has 1 aromatic carbocycles. The van der Waals surface area contributed by atoms with Crippen LogP contribution < -0.4 is 5.32 Å². The van der Waals surface area contributed by atoms with Crippen LogP contribution in [0.5, 0.6) is 0 Å². The van der Waals surface area contributed by atoms with Gasteiger partial charge in [0.2, 0.25) is 5.72 Å². The summed E-state index contributed by atoms with van der Waals surface area (Å²) in [5.41, 5.74) is 0.400. The summed E-state index contributed by atoms with van der Waals surface area (Å²) in [7, 11) is 0. The third-order valence-corrected chi connectivity index (χ3v) is 3.15. The second-order valence-corrected chi connectivity index (χ2v) is 4.72. The SMILES string of the molecule is CC1=CNC(CCO)(c2ccc(Br)cc2)O1. The molecule has 0 bridgehead atoms. The van der Waals surface area contributed by atoms with Crippen LogP contribution in [0.1, 0.15) is 18.9 Å². The minimum absolute atomic E-state index is 0.0736. The second kappa shape index (κ2) is 4.47. The first kappa shape index (κ1) is 11.5. The van der Waals surface area contributed by atoms with Crippen LogP contribution in [-0.4, -0.2) is 11.7 Å². The number of benzene rings is 1. The summed E-state index contributed by atoms with van der Waals surface area (Å²) in [4.78, 5) is 0. The lowest BCUT2D eigenvalue weighted by atomic mass is 10.00. The predicted molar refractivity (Wildman–Crippen MR) is 65.5 cm³/mol. The molecule has 86 valence electrons. The number of aliphatic hydroxyl groups excluding tert-OH is 1. The van der Waals surface area contributed by atoms with Crippen molar-refractivity contribution in [3.63, 3.8) is 0 Å². The molecule has 2 rings (SSSR count). The highest BCUT2D eigenvalue weighted by atomic mass is 79.9. The smallest absolute Gasteiger partial charge is 0.208 e. The van der Waals surface area contributed by atoms with E-state index >= 15 is 0 Å². The molecule has 0 aliphatic carbocycles. The van der Waals surface area contributed by atoms with Crippen molar-refractivity contribution in [2.75, 3.05) is 6.61 Å². The van der Waals surface area contributed by atoms with Gasteiger partial charge in [0, 0.05) is 29.3 Å². The van der Waals surface area contributed by atoms with E-state index in [9.17, 15) is 0 Å². The van der Waals surface area contributed by atoms with E-state index in [-0.39, 0.29) is 6.61 Å². The Morgan fingerprint density at radius 2 is 2.06 bits per heavy atom. The van der Waals surface area contributed by atoms with Crippen molar-refractivity contribution >= 4 is 15.9 Å². The van der Waals surface area contributed by atoms with Gasteiger partial charge in [-0.3, -0.25) is 0 Å². The van der Waals surface area contributed by atoms with Gasteiger partial charge < -0.3 is 15.2 Å². The molecule has 1 unspecified atom stereocenters. The van der Waals surface area contributed by atoms with Crippen LogP contribution in [0.25, 0.3) is 0 Å². The van der Waals surface area contributed by atoms with Crippen LogP contribution in [0.4, 0.5) is 0 Å². The van der Waals surface area contributed by atoms with Crippen molar-refractivity contribution in [1.82, 2.24) is 5.32 Å². The van der Waals surface area contributed by atoms with Gasteiger partial charge >= 0.3 is 0 Å². The van der Waals surface area contributed by atoms with Crippen molar-refractivity contribution in [2.45, 2.75) is 19.1 Å². The summed E-state index contributed by atoms with van der Waals surface area (Å²) < 4.78 is 6.82. The van der Waals surface area contributed by atoms with Gasteiger partial charge in [-0.25, -0.2) is 0 Å². The fourth-order valence-corrected chi connectivity index (χ4v) is 2.10. The van der Waals surface area contributed by atoms with Crippen LogP contribution in [0.3, 0.4) is 0 Å². The number of rotatable bonds is 3. The van der Waals surface area contributed by atoms with E-state index in [1.54, 1.807) is 0 Å². The third kappa shape index (κ3) is 2.08. The molecule has 0 aromatic heterocycles. The summed E-state index contributed by atoms with van der Waals surface area (Å²) >= 11 is 3.40. The highest BCUT2D eigenvalue weighted by molar-refractivity contribution is 9.10. The van der Waals surface area contributed by atoms with Gasteiger partial charge in [0.25, 0.3) is 0 Å². The minimum atomic E-state index is -0.612. The molecular formula is C12H14BrNO2. The van der Waals surface area contributed by atoms with Gasteiger partial charge in [-0.1, -0.05) is 28.1 Å². The summed E-state index contributed by atoms with van der Waals surface area (Å²) in [6, 6.07) is 7.90. The Morgan fingerprint density at radius 3 is 2.56 bits per heavy atom. The molecule has 1 aliphatic rings. The van der Waals surface area contributed by atoms with Crippen LogP contribution in [0.2, 0.25) is 0 Å². The van der Waals surface area contributed by atoms with Gasteiger partial charge in [-0.2, -0.15) is 0 Å². The van der Waals surface area contributed by atoms with Crippen molar-refractivity contribution in [2.24, 2.45) is 0 Å². The lowest BCUT2D eigenvalue weighted by molar-refractivity contribution is -0.0166. The zero-order chi connectivity index (χ0) is 11.6. The van der Waals surface area contributed by atoms with E-state index in [2.05, 4.69) is 21.2 Å². The number of aliphatic hydroxyl groups is 1. The second-order valence-electron chi connectivity index (χ2n) is 3.81. The summed E-state index contributed by atoms with van der Waals surface area (Å²) in [6.07, 6.45) is 2.35. The van der Waals surface area contributed by atoms with E-state index in [0.29, 0.717) is 6.42 Å². The average Bonchev–Trinajstić information content (AvgIpc) is 2.63. The molecule has 0 amide bonds. The van der Waals surface area contributed by atoms with Crippen molar-refractivity contribution in [1.29, 1.82) is 0 Å². The van der Waals surface area contributed by atoms with Gasteiger partial charge in [-0.15, -0.1) is 0 Å². The van der Waals surface area contributed by atoms with Crippen molar-refractivity contribution in [3.05, 3.63) is 46.3 Å². The van der Waals surface area contributed by atoms with Gasteiger partial charge in [0.1, 0.15) is 5.76 Å². The monoisotopic (exact) mass is 283 g/mol. The number of ether oxygens (including phenoxy) is 1. The number of hydrogen-bond donors (Lipinski definition) is 2. The van der Waals surface area contributed by atoms with E-state index in [4.69, 9.17) is 9.84 Å². The molecule has 1 aromatic rings. The Bertz CT molecular complexity index is 402. The summed E-state index contributed by atoms with van der Waals surface area (Å²) in [6.45, 7) is 1.97. The molecule has 0 spiro atoms. The van der Waals surface area contributed by atoms with Crippen LogP contribution >= 0.6 is 15.9 Å². The average molecular weight is 284 g/mol. The largest absolute Gasteiger partial charge is 0.467 e. The fourth-order valence-electron chi connectivity index (χ4n) is 1.84. The molecule has 1 aliphatic heterocycles. The normalized spacial score (nSPS) is 23.6. The Balaban J connectivity index is 2.30. The van der Waals surface area contributed by atoms with E-state index in [1.807, 2.05) is 37.4 Å². The molecule has 0 fully saturated rings. The summed E-state index contributed by atoms with van der Waals surface area (Å²) in [5.74, 6) is 0.830. The first-order chi connectivity index (χ1) is 7.66. The van der Waals surface area contributed by atoms with Gasteiger partial charge in [-0.05, 0) is 19.1 Å². The molecule has 1 heterocycles. The summed E-state index contributed by atoms with van der Waals surface area (Å²) in [5, 5.41) is 12.3. The quantitative estimate of drug-likeness (QED) is 0.896. The van der Waals surface area contributed by atoms with Crippen molar-refractivity contribution in [3.8, 4) is 0 Å². The van der Waals surface area contributed by atoms with Crippen LogP contribution in [0.15, 0.2) is 40.7 Å². The molecule has 2 N–H and O–H groups in total. The Morgan fingerprint density at radius 1 is 1.38 bits per heavy atom. The molecule has 0 radical (unpaired) electrons. The maximum absolute atomic E-state index is 9.14. The van der Waals surface area contributed by atoms with E-state index < -0.39 is 5.72 Å². The molecule has 3 nitrogen and oxygen atoms in total. The van der Waals surface area contributed by atoms with Crippen LogP contribution in [-0.2, 0) is 10.5 Å². The molecule has 0 saturated heterocycles. The first-order valence-corrected chi connectivity index (χ1v) is 5.96. The third-order valence-electron chi connectivity index (χ3n) is 2.62. The minimum Gasteiger partial charge on any atom is -0.467 e.